The number of ketones is 1. The molecule has 12 heteroatoms. The highest BCUT2D eigenvalue weighted by Gasteiger charge is 2.37. The standard InChI is InChI=1S/C25H13ClF6N4O/c26-20-6-2-1-5-18(20)22(37)10-9-21-23(15-4-3-11-33-13-15)36(35-34-21)14-16-12-17(24(27,28)29)7-8-19(16)25(30,31)32/h1-8,11-13H,14H2. The summed E-state index contributed by atoms with van der Waals surface area (Å²) in [6.45, 7) is -0.712. The molecule has 2 aromatic heterocycles. The zero-order valence-corrected chi connectivity index (χ0v) is 19.2. The molecule has 0 aliphatic rings. The molecule has 0 bridgehead atoms. The number of benzene rings is 2. The molecule has 0 aliphatic heterocycles. The van der Waals surface area contributed by atoms with E-state index in [2.05, 4.69) is 27.1 Å². The molecule has 0 spiro atoms. The fraction of sp³-hybridized carbons (Fsp3) is 0.120. The number of hydrogen-bond donors (Lipinski definition) is 0. The molecule has 0 unspecified atom stereocenters. The van der Waals surface area contributed by atoms with Crippen molar-refractivity contribution >= 4 is 17.4 Å². The van der Waals surface area contributed by atoms with Crippen molar-refractivity contribution in [2.24, 2.45) is 0 Å². The topological polar surface area (TPSA) is 60.7 Å². The smallest absolute Gasteiger partial charge is 0.279 e. The molecule has 0 radical (unpaired) electrons. The van der Waals surface area contributed by atoms with Crippen LogP contribution in [0.4, 0.5) is 26.3 Å². The summed E-state index contributed by atoms with van der Waals surface area (Å²) in [5.74, 6) is 4.27. The van der Waals surface area contributed by atoms with Crippen LogP contribution in [0.5, 0.6) is 0 Å². The van der Waals surface area contributed by atoms with Gasteiger partial charge < -0.3 is 0 Å². The summed E-state index contributed by atoms with van der Waals surface area (Å²) in [4.78, 5) is 16.5. The molecule has 0 fully saturated rings. The molecule has 2 heterocycles. The first-order chi connectivity index (χ1) is 17.4. The number of rotatable bonds is 4. The number of aromatic nitrogens is 4. The maximum absolute atomic E-state index is 13.6. The van der Waals surface area contributed by atoms with Gasteiger partial charge >= 0.3 is 12.4 Å². The first kappa shape index (κ1) is 25.9. The summed E-state index contributed by atoms with van der Waals surface area (Å²) in [7, 11) is 0. The fourth-order valence-electron chi connectivity index (χ4n) is 3.46. The first-order valence-corrected chi connectivity index (χ1v) is 10.7. The predicted molar refractivity (Wildman–Crippen MR) is 121 cm³/mol. The summed E-state index contributed by atoms with van der Waals surface area (Å²) in [5.41, 5.74) is -2.75. The molecule has 0 amide bonds. The summed E-state index contributed by atoms with van der Waals surface area (Å²) in [6.07, 6.45) is -6.98. The molecule has 37 heavy (non-hydrogen) atoms. The molecular weight excluding hydrogens is 522 g/mol. The van der Waals surface area contributed by atoms with Gasteiger partial charge in [-0.1, -0.05) is 28.9 Å². The van der Waals surface area contributed by atoms with E-state index >= 15 is 0 Å². The molecule has 0 saturated heterocycles. The summed E-state index contributed by atoms with van der Waals surface area (Å²) in [6, 6.07) is 10.4. The lowest BCUT2D eigenvalue weighted by atomic mass is 10.0. The number of Topliss-reactive ketones (excluding diaryl/α,β-unsaturated/α-hetero) is 1. The van der Waals surface area contributed by atoms with Gasteiger partial charge in [-0.05, 0) is 59.9 Å². The maximum atomic E-state index is 13.6. The van der Waals surface area contributed by atoms with Gasteiger partial charge in [0.1, 0.15) is 5.69 Å². The zero-order chi connectivity index (χ0) is 26.8. The van der Waals surface area contributed by atoms with E-state index in [9.17, 15) is 31.1 Å². The Bertz CT molecular complexity index is 1520. The van der Waals surface area contributed by atoms with E-state index in [0.29, 0.717) is 23.8 Å². The molecule has 0 atom stereocenters. The van der Waals surface area contributed by atoms with Crippen LogP contribution in [0.3, 0.4) is 0 Å². The van der Waals surface area contributed by atoms with Crippen LogP contribution < -0.4 is 0 Å². The van der Waals surface area contributed by atoms with Gasteiger partial charge in [-0.2, -0.15) is 26.3 Å². The van der Waals surface area contributed by atoms with Crippen molar-refractivity contribution in [1.29, 1.82) is 0 Å². The Morgan fingerprint density at radius 1 is 0.973 bits per heavy atom. The Morgan fingerprint density at radius 2 is 1.73 bits per heavy atom. The molecule has 188 valence electrons. The first-order valence-electron chi connectivity index (χ1n) is 10.4. The van der Waals surface area contributed by atoms with Crippen LogP contribution in [0.25, 0.3) is 11.3 Å². The number of nitrogens with zero attached hydrogens (tertiary/aromatic N) is 4. The van der Waals surface area contributed by atoms with Gasteiger partial charge in [-0.3, -0.25) is 9.78 Å². The lowest BCUT2D eigenvalue weighted by Crippen LogP contribution is -2.15. The second-order valence-electron chi connectivity index (χ2n) is 7.61. The third-order valence-corrected chi connectivity index (χ3v) is 5.47. The van der Waals surface area contributed by atoms with Crippen molar-refractivity contribution in [2.45, 2.75) is 18.9 Å². The van der Waals surface area contributed by atoms with Crippen molar-refractivity contribution in [1.82, 2.24) is 20.0 Å². The number of hydrogen-bond acceptors (Lipinski definition) is 4. The van der Waals surface area contributed by atoms with E-state index in [1.54, 1.807) is 18.2 Å². The summed E-state index contributed by atoms with van der Waals surface area (Å²) < 4.78 is 81.5. The van der Waals surface area contributed by atoms with E-state index in [1.165, 1.54) is 30.6 Å². The van der Waals surface area contributed by atoms with Gasteiger partial charge in [-0.25, -0.2) is 4.68 Å². The van der Waals surface area contributed by atoms with E-state index < -0.39 is 41.4 Å². The van der Waals surface area contributed by atoms with E-state index in [4.69, 9.17) is 11.6 Å². The number of halogens is 7. The van der Waals surface area contributed by atoms with Crippen LogP contribution >= 0.6 is 11.6 Å². The highest BCUT2D eigenvalue weighted by molar-refractivity contribution is 6.35. The van der Waals surface area contributed by atoms with Crippen LogP contribution in [-0.4, -0.2) is 25.8 Å². The Balaban J connectivity index is 1.81. The van der Waals surface area contributed by atoms with E-state index in [-0.39, 0.29) is 22.0 Å². The minimum Gasteiger partial charge on any atom is -0.279 e. The quantitative estimate of drug-likeness (QED) is 0.175. The van der Waals surface area contributed by atoms with Gasteiger partial charge in [0.25, 0.3) is 0 Å². The number of alkyl halides is 6. The third-order valence-electron chi connectivity index (χ3n) is 5.14. The highest BCUT2D eigenvalue weighted by atomic mass is 35.5. The third kappa shape index (κ3) is 5.81. The van der Waals surface area contributed by atoms with E-state index in [0.717, 1.165) is 4.68 Å². The van der Waals surface area contributed by atoms with Crippen molar-refractivity contribution in [3.63, 3.8) is 0 Å². The van der Waals surface area contributed by atoms with Crippen LogP contribution in [0.2, 0.25) is 5.02 Å². The molecule has 4 aromatic rings. The minimum absolute atomic E-state index is 0.0677. The molecular formula is C25H13ClF6N4O. The highest BCUT2D eigenvalue weighted by Crippen LogP contribution is 2.37. The monoisotopic (exact) mass is 534 g/mol. The zero-order valence-electron chi connectivity index (χ0n) is 18.4. The largest absolute Gasteiger partial charge is 0.416 e. The average Bonchev–Trinajstić information content (AvgIpc) is 3.24. The predicted octanol–water partition coefficient (Wildman–Crippen LogP) is 6.31. The second-order valence-corrected chi connectivity index (χ2v) is 8.02. The normalized spacial score (nSPS) is 11.6. The van der Waals surface area contributed by atoms with Crippen molar-refractivity contribution in [2.75, 3.05) is 0 Å². The molecule has 0 N–H and O–H groups in total. The lowest BCUT2D eigenvalue weighted by molar-refractivity contribution is -0.141. The molecule has 0 aliphatic carbocycles. The summed E-state index contributed by atoms with van der Waals surface area (Å²) >= 11 is 6.02. The van der Waals surface area contributed by atoms with Crippen molar-refractivity contribution < 1.29 is 31.1 Å². The average molecular weight is 535 g/mol. The Hall–Kier alpha value is -4.17. The SMILES string of the molecule is O=C(C#Cc1nnn(Cc2cc(C(F)(F)F)ccc2C(F)(F)F)c1-c1cccnc1)c1ccccc1Cl. The maximum Gasteiger partial charge on any atom is 0.416 e. The van der Waals surface area contributed by atoms with Gasteiger partial charge in [0.15, 0.2) is 5.69 Å². The number of carbonyl (C=O) groups is 1. The summed E-state index contributed by atoms with van der Waals surface area (Å²) in [5, 5.41) is 7.85. The molecule has 5 nitrogen and oxygen atoms in total. The van der Waals surface area contributed by atoms with Crippen molar-refractivity contribution in [3.8, 4) is 23.1 Å². The van der Waals surface area contributed by atoms with Crippen molar-refractivity contribution in [3.05, 3.63) is 100.0 Å². The van der Waals surface area contributed by atoms with Gasteiger partial charge in [-0.15, -0.1) is 5.10 Å². The molecule has 0 saturated carbocycles. The van der Waals surface area contributed by atoms with Gasteiger partial charge in [0.05, 0.1) is 22.7 Å². The van der Waals surface area contributed by atoms with Gasteiger partial charge in [0, 0.05) is 23.5 Å². The Kier molecular flexibility index (Phi) is 7.05. The Morgan fingerprint density at radius 3 is 2.38 bits per heavy atom. The molecule has 2 aromatic carbocycles. The van der Waals surface area contributed by atoms with Gasteiger partial charge in [0.2, 0.25) is 5.78 Å². The van der Waals surface area contributed by atoms with Crippen LogP contribution in [0.1, 0.15) is 32.7 Å². The van der Waals surface area contributed by atoms with Crippen LogP contribution in [-0.2, 0) is 18.9 Å². The number of pyridine rings is 1. The van der Waals surface area contributed by atoms with E-state index in [1.807, 2.05) is 0 Å². The van der Waals surface area contributed by atoms with Crippen LogP contribution in [0, 0.1) is 11.8 Å². The van der Waals surface area contributed by atoms with Crippen LogP contribution in [0.15, 0.2) is 67.0 Å². The minimum atomic E-state index is -4.92. The molecule has 4 rings (SSSR count). The second kappa shape index (κ2) is 10.1. The fourth-order valence-corrected chi connectivity index (χ4v) is 3.69. The Labute approximate surface area is 210 Å². The lowest BCUT2D eigenvalue weighted by Gasteiger charge is -2.16. The number of carbonyl (C=O) groups excluding carboxylic acids is 1.